The molecule has 144 valence electrons. The van der Waals surface area contributed by atoms with Crippen molar-refractivity contribution in [1.82, 2.24) is 19.9 Å². The van der Waals surface area contributed by atoms with Gasteiger partial charge in [0.25, 0.3) is 0 Å². The molecule has 2 heterocycles. The summed E-state index contributed by atoms with van der Waals surface area (Å²) in [5, 5.41) is 3.85. The molecule has 0 unspecified atom stereocenters. The van der Waals surface area contributed by atoms with Gasteiger partial charge in [-0.15, -0.1) is 0 Å². The van der Waals surface area contributed by atoms with E-state index in [9.17, 15) is 0 Å². The quantitative estimate of drug-likeness (QED) is 0.637. The summed E-state index contributed by atoms with van der Waals surface area (Å²) in [7, 11) is 2.21. The number of halogens is 1. The van der Waals surface area contributed by atoms with Crippen molar-refractivity contribution in [2.45, 2.75) is 12.7 Å². The van der Waals surface area contributed by atoms with Gasteiger partial charge >= 0.3 is 0 Å². The van der Waals surface area contributed by atoms with Gasteiger partial charge in [0.1, 0.15) is 10.1 Å². The molecule has 0 spiro atoms. The third-order valence-electron chi connectivity index (χ3n) is 4.41. The summed E-state index contributed by atoms with van der Waals surface area (Å²) in [6.07, 6.45) is 0. The second-order valence-corrected chi connectivity index (χ2v) is 8.49. The van der Waals surface area contributed by atoms with Crippen LogP contribution in [0.3, 0.4) is 0 Å². The molecule has 10 heteroatoms. The van der Waals surface area contributed by atoms with E-state index in [0.29, 0.717) is 22.5 Å². The number of thioether (sulfide) groups is 1. The second-order valence-electron chi connectivity index (χ2n) is 6.47. The van der Waals surface area contributed by atoms with Crippen LogP contribution in [0.15, 0.2) is 18.2 Å². The lowest BCUT2D eigenvalue weighted by Gasteiger charge is -2.31. The highest BCUT2D eigenvalue weighted by Gasteiger charge is 2.19. The monoisotopic (exact) mass is 424 g/mol. The maximum atomic E-state index is 6.17. The Morgan fingerprint density at radius 1 is 1.33 bits per heavy atom. The van der Waals surface area contributed by atoms with E-state index in [2.05, 4.69) is 32.2 Å². The lowest BCUT2D eigenvalue weighted by molar-refractivity contribution is -0.883. The normalized spacial score (nSPS) is 15.0. The highest BCUT2D eigenvalue weighted by Crippen LogP contribution is 2.25. The van der Waals surface area contributed by atoms with Crippen LogP contribution in [-0.2, 0) is 5.75 Å². The van der Waals surface area contributed by atoms with Gasteiger partial charge in [0.15, 0.2) is 0 Å². The molecule has 0 amide bonds. The molecule has 1 aromatic carbocycles. The van der Waals surface area contributed by atoms with E-state index < -0.39 is 0 Å². The van der Waals surface area contributed by atoms with Crippen LogP contribution in [-0.4, -0.2) is 57.4 Å². The van der Waals surface area contributed by atoms with Crippen LogP contribution in [0.25, 0.3) is 0 Å². The van der Waals surface area contributed by atoms with E-state index >= 15 is 0 Å². The SMILES string of the molecule is Cc1c(Cl)cccc1Nc1nc(N)nc(CSC(=S)N2CC[NH+](C)CC2)n1. The van der Waals surface area contributed by atoms with Gasteiger partial charge in [-0.25, -0.2) is 0 Å². The van der Waals surface area contributed by atoms with Crippen molar-refractivity contribution in [1.29, 1.82) is 0 Å². The highest BCUT2D eigenvalue weighted by molar-refractivity contribution is 8.22. The number of nitrogens with two attached hydrogens (primary N) is 1. The number of aromatic nitrogens is 3. The average Bonchev–Trinajstić information content (AvgIpc) is 2.64. The smallest absolute Gasteiger partial charge is 0.232 e. The van der Waals surface area contributed by atoms with Crippen LogP contribution in [0.5, 0.6) is 0 Å². The van der Waals surface area contributed by atoms with Crippen molar-refractivity contribution in [3.8, 4) is 0 Å². The molecule has 1 fully saturated rings. The van der Waals surface area contributed by atoms with Crippen LogP contribution >= 0.6 is 35.6 Å². The molecule has 0 atom stereocenters. The molecule has 27 heavy (non-hydrogen) atoms. The van der Waals surface area contributed by atoms with Crippen molar-refractivity contribution in [2.24, 2.45) is 0 Å². The maximum Gasteiger partial charge on any atom is 0.232 e. The van der Waals surface area contributed by atoms with E-state index in [1.54, 1.807) is 11.8 Å². The average molecular weight is 425 g/mol. The number of hydrogen-bond acceptors (Lipinski definition) is 7. The lowest BCUT2D eigenvalue weighted by Crippen LogP contribution is -3.12. The molecular formula is C17H23ClN7S2+. The van der Waals surface area contributed by atoms with Gasteiger partial charge in [-0.1, -0.05) is 41.6 Å². The maximum absolute atomic E-state index is 6.17. The number of benzene rings is 1. The third-order valence-corrected chi connectivity index (χ3v) is 6.34. The predicted octanol–water partition coefficient (Wildman–Crippen LogP) is 1.51. The number of nitrogen functional groups attached to an aromatic ring is 1. The summed E-state index contributed by atoms with van der Waals surface area (Å²) in [5.74, 6) is 1.72. The summed E-state index contributed by atoms with van der Waals surface area (Å²) in [5.41, 5.74) is 7.62. The van der Waals surface area contributed by atoms with Crippen molar-refractivity contribution in [2.75, 3.05) is 44.3 Å². The minimum absolute atomic E-state index is 0.178. The minimum Gasteiger partial charge on any atom is -0.368 e. The molecule has 0 bridgehead atoms. The summed E-state index contributed by atoms with van der Waals surface area (Å²) >= 11 is 13.3. The summed E-state index contributed by atoms with van der Waals surface area (Å²) in [6, 6.07) is 5.63. The molecule has 0 radical (unpaired) electrons. The van der Waals surface area contributed by atoms with Gasteiger partial charge in [0, 0.05) is 10.7 Å². The molecule has 1 aliphatic rings. The number of nitrogens with one attached hydrogen (secondary N) is 2. The Labute approximate surface area is 173 Å². The molecule has 1 saturated heterocycles. The van der Waals surface area contributed by atoms with Crippen LogP contribution in [0.4, 0.5) is 17.6 Å². The Morgan fingerprint density at radius 2 is 2.07 bits per heavy atom. The third kappa shape index (κ3) is 5.41. The standard InChI is InChI=1S/C17H22ClN7S2/c1-11-12(18)4-3-5-13(11)20-16-22-14(21-15(19)23-16)10-27-17(26)25-8-6-24(2)7-9-25/h3-5H,6-10H2,1-2H3,(H3,19,20,21,22,23)/p+1. The first-order valence-corrected chi connectivity index (χ1v) is 10.4. The Hall–Kier alpha value is -1.68. The van der Waals surface area contributed by atoms with E-state index in [1.165, 1.54) is 4.90 Å². The number of piperazine rings is 1. The van der Waals surface area contributed by atoms with Gasteiger partial charge in [-0.05, 0) is 24.6 Å². The highest BCUT2D eigenvalue weighted by atomic mass is 35.5. The largest absolute Gasteiger partial charge is 0.368 e. The van der Waals surface area contributed by atoms with Crippen molar-refractivity contribution >= 4 is 57.5 Å². The van der Waals surface area contributed by atoms with Gasteiger partial charge < -0.3 is 20.9 Å². The summed E-state index contributed by atoms with van der Waals surface area (Å²) in [6.45, 7) is 6.11. The number of anilines is 3. The number of quaternary nitrogens is 1. The number of likely N-dealkylation sites (N-methyl/N-ethyl adjacent to an activating group) is 1. The zero-order valence-corrected chi connectivity index (χ0v) is 17.7. The molecule has 3 rings (SSSR count). The predicted molar refractivity (Wildman–Crippen MR) is 116 cm³/mol. The van der Waals surface area contributed by atoms with Crippen LogP contribution in [0.2, 0.25) is 5.02 Å². The van der Waals surface area contributed by atoms with E-state index in [4.69, 9.17) is 29.6 Å². The Balaban J connectivity index is 1.65. The fourth-order valence-electron chi connectivity index (χ4n) is 2.71. The van der Waals surface area contributed by atoms with Crippen molar-refractivity contribution < 1.29 is 4.90 Å². The Bertz CT molecular complexity index is 825. The van der Waals surface area contributed by atoms with Crippen LogP contribution in [0, 0.1) is 6.92 Å². The zero-order chi connectivity index (χ0) is 19.4. The Kier molecular flexibility index (Phi) is 6.69. The van der Waals surface area contributed by atoms with Gasteiger partial charge in [0.2, 0.25) is 11.9 Å². The molecule has 0 saturated carbocycles. The van der Waals surface area contributed by atoms with Crippen LogP contribution < -0.4 is 16.0 Å². The van der Waals surface area contributed by atoms with Gasteiger partial charge in [0.05, 0.1) is 39.0 Å². The van der Waals surface area contributed by atoms with Crippen molar-refractivity contribution in [3.63, 3.8) is 0 Å². The number of rotatable bonds is 4. The molecular weight excluding hydrogens is 402 g/mol. The van der Waals surface area contributed by atoms with E-state index in [0.717, 1.165) is 41.8 Å². The summed E-state index contributed by atoms with van der Waals surface area (Å²) < 4.78 is 0.877. The Morgan fingerprint density at radius 3 is 2.81 bits per heavy atom. The number of thiocarbonyl (C=S) groups is 1. The fraction of sp³-hybridized carbons (Fsp3) is 0.412. The summed E-state index contributed by atoms with van der Waals surface area (Å²) in [4.78, 5) is 16.7. The fourth-order valence-corrected chi connectivity index (χ4v) is 3.99. The first-order valence-electron chi connectivity index (χ1n) is 8.68. The second kappa shape index (κ2) is 9.01. The minimum atomic E-state index is 0.178. The topological polar surface area (TPSA) is 84.4 Å². The molecule has 7 nitrogen and oxygen atoms in total. The molecule has 1 aromatic heterocycles. The molecule has 2 aromatic rings. The van der Waals surface area contributed by atoms with E-state index in [1.807, 2.05) is 25.1 Å². The van der Waals surface area contributed by atoms with Gasteiger partial charge in [-0.2, -0.15) is 15.0 Å². The van der Waals surface area contributed by atoms with Crippen LogP contribution in [0.1, 0.15) is 11.4 Å². The van der Waals surface area contributed by atoms with Gasteiger partial charge in [-0.3, -0.25) is 0 Å². The molecule has 1 aliphatic heterocycles. The zero-order valence-electron chi connectivity index (χ0n) is 15.3. The number of hydrogen-bond donors (Lipinski definition) is 3. The van der Waals surface area contributed by atoms with Crippen molar-refractivity contribution in [3.05, 3.63) is 34.6 Å². The molecule has 4 N–H and O–H groups in total. The lowest BCUT2D eigenvalue weighted by atomic mass is 10.2. The number of nitrogens with zero attached hydrogens (tertiary/aromatic N) is 4. The van der Waals surface area contributed by atoms with E-state index in [-0.39, 0.29) is 5.95 Å². The first kappa shape index (κ1) is 20.1. The molecule has 0 aliphatic carbocycles. The first-order chi connectivity index (χ1) is 12.9.